The van der Waals surface area contributed by atoms with E-state index in [1.54, 1.807) is 17.7 Å². The highest BCUT2D eigenvalue weighted by Crippen LogP contribution is 2.44. The van der Waals surface area contributed by atoms with Crippen LogP contribution in [0.2, 0.25) is 0 Å². The SMILES string of the molecule is Cn1cc(B2OC(C)(C)C(C)(C)O2)c([C@@H](C[S@@](=O)C(C)(C)C)C2CC2)cc1=O. The summed E-state index contributed by atoms with van der Waals surface area (Å²) in [5.74, 6) is 1.12. The lowest BCUT2D eigenvalue weighted by molar-refractivity contribution is 0.00578. The molecule has 2 aliphatic rings. The maximum absolute atomic E-state index is 12.9. The average molecular weight is 407 g/mol. The molecule has 0 spiro atoms. The molecule has 7 heteroatoms. The lowest BCUT2D eigenvalue weighted by Crippen LogP contribution is -2.42. The first-order valence-electron chi connectivity index (χ1n) is 10.2. The first-order chi connectivity index (χ1) is 12.7. The van der Waals surface area contributed by atoms with E-state index in [4.69, 9.17) is 9.31 Å². The van der Waals surface area contributed by atoms with Gasteiger partial charge in [-0.05, 0) is 78.7 Å². The van der Waals surface area contributed by atoms with E-state index in [9.17, 15) is 9.00 Å². The van der Waals surface area contributed by atoms with Crippen LogP contribution in [-0.2, 0) is 27.2 Å². The van der Waals surface area contributed by atoms with Gasteiger partial charge in [0.2, 0.25) is 5.56 Å². The fourth-order valence-corrected chi connectivity index (χ4v) is 4.82. The number of aromatic nitrogens is 1. The number of rotatable bonds is 5. The van der Waals surface area contributed by atoms with Crippen LogP contribution in [0, 0.1) is 5.92 Å². The molecule has 2 heterocycles. The van der Waals surface area contributed by atoms with Crippen LogP contribution in [0.4, 0.5) is 0 Å². The Labute approximate surface area is 171 Å². The molecule has 1 aliphatic heterocycles. The molecule has 1 aliphatic carbocycles. The third kappa shape index (κ3) is 4.17. The Kier molecular flexibility index (Phi) is 5.52. The van der Waals surface area contributed by atoms with Gasteiger partial charge in [0.05, 0.1) is 11.2 Å². The highest BCUT2D eigenvalue weighted by molar-refractivity contribution is 7.86. The second kappa shape index (κ2) is 7.10. The van der Waals surface area contributed by atoms with Crippen LogP contribution >= 0.6 is 0 Å². The van der Waals surface area contributed by atoms with E-state index in [2.05, 4.69) is 0 Å². The number of hydrogen-bond donors (Lipinski definition) is 0. The molecule has 5 nitrogen and oxygen atoms in total. The van der Waals surface area contributed by atoms with Gasteiger partial charge in [0.1, 0.15) is 0 Å². The minimum Gasteiger partial charge on any atom is -0.399 e. The smallest absolute Gasteiger partial charge is 0.399 e. The summed E-state index contributed by atoms with van der Waals surface area (Å²) in [4.78, 5) is 12.5. The summed E-state index contributed by atoms with van der Waals surface area (Å²) in [7, 11) is 0.228. The standard InChI is InChI=1S/C21H34BNO4S/c1-19(2,3)28(25)13-16(14-9-10-14)15-11-18(24)23(8)12-17(15)22-26-20(4,5)21(6,7)27-22/h11-12,14,16H,9-10,13H2,1-8H3/t16-,28+/m0/s1. The molecule has 156 valence electrons. The maximum atomic E-state index is 12.9. The van der Waals surface area contributed by atoms with E-state index >= 15 is 0 Å². The molecule has 0 N–H and O–H groups in total. The molecule has 1 aromatic heterocycles. The van der Waals surface area contributed by atoms with Crippen molar-refractivity contribution >= 4 is 23.4 Å². The molecular weight excluding hydrogens is 373 g/mol. The molecule has 1 aromatic rings. The van der Waals surface area contributed by atoms with Gasteiger partial charge in [0, 0.05) is 46.1 Å². The van der Waals surface area contributed by atoms with Gasteiger partial charge in [0.25, 0.3) is 0 Å². The van der Waals surface area contributed by atoms with Crippen LogP contribution < -0.4 is 11.0 Å². The van der Waals surface area contributed by atoms with E-state index in [1.807, 2.05) is 54.7 Å². The average Bonchev–Trinajstić information content (AvgIpc) is 3.34. The fourth-order valence-electron chi connectivity index (χ4n) is 3.54. The second-order valence-corrected chi connectivity index (χ2v) is 12.5. The van der Waals surface area contributed by atoms with Crippen LogP contribution in [0.5, 0.6) is 0 Å². The van der Waals surface area contributed by atoms with E-state index in [1.165, 1.54) is 0 Å². The van der Waals surface area contributed by atoms with Gasteiger partial charge in [-0.2, -0.15) is 0 Å². The molecule has 3 rings (SSSR count). The molecule has 2 atom stereocenters. The van der Waals surface area contributed by atoms with E-state index < -0.39 is 29.1 Å². The number of hydrogen-bond acceptors (Lipinski definition) is 4. The third-order valence-corrected chi connectivity index (χ3v) is 8.43. The molecule has 28 heavy (non-hydrogen) atoms. The summed E-state index contributed by atoms with van der Waals surface area (Å²) in [5.41, 5.74) is 0.882. The summed E-state index contributed by atoms with van der Waals surface area (Å²) < 4.78 is 26.8. The van der Waals surface area contributed by atoms with Gasteiger partial charge in [-0.3, -0.25) is 9.00 Å². The van der Waals surface area contributed by atoms with Crippen LogP contribution in [0.25, 0.3) is 0 Å². The quantitative estimate of drug-likeness (QED) is 0.705. The Balaban J connectivity index is 2.04. The van der Waals surface area contributed by atoms with Crippen molar-refractivity contribution < 1.29 is 13.5 Å². The Bertz CT molecular complexity index is 820. The molecule has 0 amide bonds. The zero-order chi connectivity index (χ0) is 21.1. The summed E-state index contributed by atoms with van der Waals surface area (Å²) >= 11 is 0. The molecule has 2 fully saturated rings. The van der Waals surface area contributed by atoms with Crippen molar-refractivity contribution in [3.63, 3.8) is 0 Å². The Morgan fingerprint density at radius 3 is 2.21 bits per heavy atom. The van der Waals surface area contributed by atoms with Crippen molar-refractivity contribution in [2.75, 3.05) is 5.75 Å². The zero-order valence-electron chi connectivity index (χ0n) is 18.5. The highest BCUT2D eigenvalue weighted by atomic mass is 32.2. The molecule has 0 unspecified atom stereocenters. The minimum absolute atomic E-state index is 0.0533. The van der Waals surface area contributed by atoms with Gasteiger partial charge in [0.15, 0.2) is 0 Å². The summed E-state index contributed by atoms with van der Waals surface area (Å²) in [5, 5.41) is 0. The highest BCUT2D eigenvalue weighted by Gasteiger charge is 2.53. The third-order valence-electron chi connectivity index (χ3n) is 6.40. The van der Waals surface area contributed by atoms with Crippen molar-refractivity contribution in [1.82, 2.24) is 4.57 Å². The second-order valence-electron chi connectivity index (χ2n) is 10.3. The Morgan fingerprint density at radius 1 is 1.21 bits per heavy atom. The van der Waals surface area contributed by atoms with Crippen molar-refractivity contribution in [1.29, 1.82) is 0 Å². The van der Waals surface area contributed by atoms with Crippen LogP contribution in [0.15, 0.2) is 17.1 Å². The number of aryl methyl sites for hydroxylation is 1. The van der Waals surface area contributed by atoms with Gasteiger partial charge in [-0.25, -0.2) is 0 Å². The first-order valence-corrected chi connectivity index (χ1v) is 11.5. The van der Waals surface area contributed by atoms with Crippen molar-refractivity contribution in [2.24, 2.45) is 13.0 Å². The van der Waals surface area contributed by atoms with Gasteiger partial charge >= 0.3 is 7.12 Å². The zero-order valence-corrected chi connectivity index (χ0v) is 19.3. The summed E-state index contributed by atoms with van der Waals surface area (Å²) in [6.45, 7) is 14.1. The van der Waals surface area contributed by atoms with Crippen molar-refractivity contribution in [3.8, 4) is 0 Å². The molecule has 0 bridgehead atoms. The van der Waals surface area contributed by atoms with Gasteiger partial charge in [-0.1, -0.05) is 0 Å². The maximum Gasteiger partial charge on any atom is 0.496 e. The Hall–Kier alpha value is -0.915. The van der Waals surface area contributed by atoms with E-state index in [0.717, 1.165) is 23.9 Å². The Morgan fingerprint density at radius 2 is 1.75 bits per heavy atom. The predicted octanol–water partition coefficient (Wildman–Crippen LogP) is 2.73. The van der Waals surface area contributed by atoms with E-state index in [-0.39, 0.29) is 16.2 Å². The molecule has 0 radical (unpaired) electrons. The van der Waals surface area contributed by atoms with Gasteiger partial charge in [-0.15, -0.1) is 0 Å². The fraction of sp³-hybridized carbons (Fsp3) is 0.762. The van der Waals surface area contributed by atoms with Crippen molar-refractivity contribution in [3.05, 3.63) is 28.2 Å². The van der Waals surface area contributed by atoms with Crippen molar-refractivity contribution in [2.45, 2.75) is 83.2 Å². The summed E-state index contributed by atoms with van der Waals surface area (Å²) in [6, 6.07) is 1.71. The lowest BCUT2D eigenvalue weighted by atomic mass is 9.73. The number of nitrogens with zero attached hydrogens (tertiary/aromatic N) is 1. The molecule has 1 saturated carbocycles. The topological polar surface area (TPSA) is 57.5 Å². The predicted molar refractivity (Wildman–Crippen MR) is 116 cm³/mol. The largest absolute Gasteiger partial charge is 0.496 e. The minimum atomic E-state index is -0.991. The monoisotopic (exact) mass is 407 g/mol. The van der Waals surface area contributed by atoms with Crippen LogP contribution in [0.3, 0.4) is 0 Å². The van der Waals surface area contributed by atoms with E-state index in [0.29, 0.717) is 11.7 Å². The normalized spacial score (nSPS) is 23.6. The molecule has 0 aromatic carbocycles. The van der Waals surface area contributed by atoms with Gasteiger partial charge < -0.3 is 13.9 Å². The lowest BCUT2D eigenvalue weighted by Gasteiger charge is -2.32. The number of pyridine rings is 1. The molecular formula is C21H34BNO4S. The van der Waals surface area contributed by atoms with Crippen LogP contribution in [0.1, 0.15) is 72.8 Å². The first kappa shape index (κ1) is 21.8. The summed E-state index contributed by atoms with van der Waals surface area (Å²) in [6.07, 6.45) is 4.07. The van der Waals surface area contributed by atoms with Crippen LogP contribution in [-0.4, -0.2) is 37.6 Å². The molecule has 1 saturated heterocycles.